The average molecular weight is 240 g/mol. The molecule has 1 N–H and O–H groups in total. The highest BCUT2D eigenvalue weighted by Gasteiger charge is 2.34. The first-order valence-electron chi connectivity index (χ1n) is 5.72. The molecule has 17 heavy (non-hydrogen) atoms. The Kier molecular flexibility index (Phi) is 4.28. The number of nitrogens with one attached hydrogen (secondary N) is 1. The molecule has 0 spiro atoms. The number of ether oxygens (including phenoxy) is 1. The summed E-state index contributed by atoms with van der Waals surface area (Å²) in [5.74, 6) is -0.609. The minimum absolute atomic E-state index is 0.234. The third-order valence-corrected chi connectivity index (χ3v) is 2.38. The van der Waals surface area contributed by atoms with E-state index in [1.165, 1.54) is 11.0 Å². The summed E-state index contributed by atoms with van der Waals surface area (Å²) in [5, 5.41) is 3.08. The first kappa shape index (κ1) is 13.7. The number of esters is 1. The molecule has 1 aliphatic heterocycles. The molecule has 1 heterocycles. The quantitative estimate of drug-likeness (QED) is 0.557. The number of nitrogens with zero attached hydrogens (tertiary/aromatic N) is 1. The lowest BCUT2D eigenvalue weighted by Gasteiger charge is -2.35. The van der Waals surface area contributed by atoms with Gasteiger partial charge in [0, 0.05) is 19.6 Å². The maximum absolute atomic E-state index is 12.0. The first-order chi connectivity index (χ1) is 7.85. The van der Waals surface area contributed by atoms with Crippen LogP contribution in [0.15, 0.2) is 12.7 Å². The SMILES string of the molecule is C=CC(=O)N1CCNCC1C(=O)OC(C)(C)C. The van der Waals surface area contributed by atoms with E-state index in [1.807, 2.05) is 0 Å². The van der Waals surface area contributed by atoms with E-state index < -0.39 is 11.6 Å². The molecular weight excluding hydrogens is 220 g/mol. The van der Waals surface area contributed by atoms with Crippen LogP contribution in [0.2, 0.25) is 0 Å². The monoisotopic (exact) mass is 240 g/mol. The molecule has 0 bridgehead atoms. The molecule has 5 heteroatoms. The van der Waals surface area contributed by atoms with E-state index in [-0.39, 0.29) is 11.9 Å². The fourth-order valence-electron chi connectivity index (χ4n) is 1.67. The van der Waals surface area contributed by atoms with Gasteiger partial charge in [-0.2, -0.15) is 0 Å². The van der Waals surface area contributed by atoms with E-state index in [1.54, 1.807) is 20.8 Å². The van der Waals surface area contributed by atoms with Crippen molar-refractivity contribution < 1.29 is 14.3 Å². The Morgan fingerprint density at radius 2 is 2.12 bits per heavy atom. The highest BCUT2D eigenvalue weighted by Crippen LogP contribution is 2.13. The number of rotatable bonds is 2. The van der Waals surface area contributed by atoms with E-state index in [4.69, 9.17) is 4.74 Å². The van der Waals surface area contributed by atoms with Gasteiger partial charge in [0.25, 0.3) is 0 Å². The Balaban J connectivity index is 2.74. The zero-order chi connectivity index (χ0) is 13.1. The number of carbonyl (C=O) groups is 2. The number of carbonyl (C=O) groups excluding carboxylic acids is 2. The third kappa shape index (κ3) is 3.85. The van der Waals surface area contributed by atoms with Gasteiger partial charge >= 0.3 is 5.97 Å². The molecule has 0 saturated carbocycles. The van der Waals surface area contributed by atoms with Gasteiger partial charge in [-0.1, -0.05) is 6.58 Å². The van der Waals surface area contributed by atoms with Crippen molar-refractivity contribution in [2.75, 3.05) is 19.6 Å². The fourth-order valence-corrected chi connectivity index (χ4v) is 1.67. The van der Waals surface area contributed by atoms with Crippen molar-refractivity contribution in [1.82, 2.24) is 10.2 Å². The topological polar surface area (TPSA) is 58.6 Å². The standard InChI is InChI=1S/C12H20N2O3/c1-5-10(15)14-7-6-13-8-9(14)11(16)17-12(2,3)4/h5,9,13H,1,6-8H2,2-4H3. The lowest BCUT2D eigenvalue weighted by Crippen LogP contribution is -2.57. The van der Waals surface area contributed by atoms with E-state index in [0.29, 0.717) is 19.6 Å². The largest absolute Gasteiger partial charge is 0.458 e. The molecule has 0 aromatic rings. The lowest BCUT2D eigenvalue weighted by atomic mass is 10.1. The minimum Gasteiger partial charge on any atom is -0.458 e. The summed E-state index contributed by atoms with van der Waals surface area (Å²) in [6, 6.07) is -0.562. The number of hydrogen-bond donors (Lipinski definition) is 1. The predicted octanol–water partition coefficient (Wildman–Crippen LogP) is 0.314. The average Bonchev–Trinajstić information content (AvgIpc) is 2.25. The van der Waals surface area contributed by atoms with Gasteiger partial charge in [0.05, 0.1) is 0 Å². The van der Waals surface area contributed by atoms with Crippen LogP contribution < -0.4 is 5.32 Å². The van der Waals surface area contributed by atoms with Gasteiger partial charge in [-0.05, 0) is 26.8 Å². The Bertz CT molecular complexity index is 320. The van der Waals surface area contributed by atoms with Gasteiger partial charge in [-0.15, -0.1) is 0 Å². The summed E-state index contributed by atoms with van der Waals surface area (Å²) in [7, 11) is 0. The van der Waals surface area contributed by atoms with Crippen LogP contribution in [-0.2, 0) is 14.3 Å². The van der Waals surface area contributed by atoms with Crippen LogP contribution in [0, 0.1) is 0 Å². The minimum atomic E-state index is -0.562. The van der Waals surface area contributed by atoms with Gasteiger partial charge in [0.2, 0.25) is 5.91 Å². The fraction of sp³-hybridized carbons (Fsp3) is 0.667. The Hall–Kier alpha value is -1.36. The van der Waals surface area contributed by atoms with Gasteiger partial charge in [-0.25, -0.2) is 4.79 Å². The molecule has 0 aliphatic carbocycles. The van der Waals surface area contributed by atoms with Crippen LogP contribution in [-0.4, -0.2) is 48.1 Å². The van der Waals surface area contributed by atoms with Crippen LogP contribution in [0.1, 0.15) is 20.8 Å². The number of amides is 1. The van der Waals surface area contributed by atoms with Crippen LogP contribution in [0.25, 0.3) is 0 Å². The summed E-state index contributed by atoms with van der Waals surface area (Å²) in [6.45, 7) is 10.5. The second-order valence-corrected chi connectivity index (χ2v) is 4.99. The number of hydrogen-bond acceptors (Lipinski definition) is 4. The van der Waals surface area contributed by atoms with E-state index in [0.717, 1.165) is 0 Å². The second kappa shape index (κ2) is 5.31. The predicted molar refractivity (Wildman–Crippen MR) is 64.4 cm³/mol. The summed E-state index contributed by atoms with van der Waals surface area (Å²) in [5.41, 5.74) is -0.544. The Morgan fingerprint density at radius 1 is 1.47 bits per heavy atom. The van der Waals surface area contributed by atoms with Crippen LogP contribution in [0.3, 0.4) is 0 Å². The highest BCUT2D eigenvalue weighted by atomic mass is 16.6. The van der Waals surface area contributed by atoms with E-state index in [2.05, 4.69) is 11.9 Å². The first-order valence-corrected chi connectivity index (χ1v) is 5.72. The molecule has 1 aliphatic rings. The molecular formula is C12H20N2O3. The highest BCUT2D eigenvalue weighted by molar-refractivity contribution is 5.91. The summed E-state index contributed by atoms with van der Waals surface area (Å²) >= 11 is 0. The molecule has 0 radical (unpaired) electrons. The zero-order valence-electron chi connectivity index (χ0n) is 10.7. The molecule has 0 aromatic heterocycles. The van der Waals surface area contributed by atoms with Crippen molar-refractivity contribution in [3.63, 3.8) is 0 Å². The van der Waals surface area contributed by atoms with Crippen molar-refractivity contribution in [3.05, 3.63) is 12.7 Å². The smallest absolute Gasteiger partial charge is 0.330 e. The van der Waals surface area contributed by atoms with Crippen molar-refractivity contribution in [1.29, 1.82) is 0 Å². The third-order valence-electron chi connectivity index (χ3n) is 2.38. The normalized spacial score (nSPS) is 20.9. The summed E-state index contributed by atoms with van der Waals surface area (Å²) < 4.78 is 5.29. The maximum atomic E-state index is 12.0. The van der Waals surface area contributed by atoms with Crippen molar-refractivity contribution >= 4 is 11.9 Å². The van der Waals surface area contributed by atoms with Crippen molar-refractivity contribution in [2.24, 2.45) is 0 Å². The lowest BCUT2D eigenvalue weighted by molar-refractivity contribution is -0.164. The molecule has 5 nitrogen and oxygen atoms in total. The molecule has 1 amide bonds. The van der Waals surface area contributed by atoms with Crippen molar-refractivity contribution in [3.8, 4) is 0 Å². The molecule has 1 unspecified atom stereocenters. The van der Waals surface area contributed by atoms with Gasteiger partial charge < -0.3 is 15.0 Å². The van der Waals surface area contributed by atoms with Crippen LogP contribution in [0.5, 0.6) is 0 Å². The van der Waals surface area contributed by atoms with Crippen LogP contribution in [0.4, 0.5) is 0 Å². The second-order valence-electron chi connectivity index (χ2n) is 4.99. The van der Waals surface area contributed by atoms with Gasteiger partial charge in [0.1, 0.15) is 11.6 Å². The summed E-state index contributed by atoms with van der Waals surface area (Å²) in [4.78, 5) is 25.1. The summed E-state index contributed by atoms with van der Waals surface area (Å²) in [6.07, 6.45) is 1.22. The number of piperazine rings is 1. The Labute approximate surface area is 102 Å². The Morgan fingerprint density at radius 3 is 2.65 bits per heavy atom. The molecule has 1 fully saturated rings. The molecule has 1 atom stereocenters. The van der Waals surface area contributed by atoms with Gasteiger partial charge in [-0.3, -0.25) is 4.79 Å². The molecule has 96 valence electrons. The van der Waals surface area contributed by atoms with E-state index in [9.17, 15) is 9.59 Å². The maximum Gasteiger partial charge on any atom is 0.330 e. The molecule has 0 aromatic carbocycles. The van der Waals surface area contributed by atoms with Crippen LogP contribution >= 0.6 is 0 Å². The van der Waals surface area contributed by atoms with Gasteiger partial charge in [0.15, 0.2) is 0 Å². The molecule has 1 saturated heterocycles. The zero-order valence-corrected chi connectivity index (χ0v) is 10.7. The van der Waals surface area contributed by atoms with Crippen molar-refractivity contribution in [2.45, 2.75) is 32.4 Å². The molecule has 1 rings (SSSR count). The van der Waals surface area contributed by atoms with E-state index >= 15 is 0 Å².